The topological polar surface area (TPSA) is 31.8 Å². The zero-order chi connectivity index (χ0) is 17.6. The number of anilines is 1. The minimum atomic E-state index is 0.803. The monoisotopic (exact) mass is 351 g/mol. The Kier molecular flexibility index (Phi) is 5.56. The van der Waals surface area contributed by atoms with E-state index < -0.39 is 0 Å². The zero-order valence-corrected chi connectivity index (χ0v) is 15.7. The van der Waals surface area contributed by atoms with Gasteiger partial charge in [0, 0.05) is 24.7 Å². The predicted molar refractivity (Wildman–Crippen MR) is 104 cm³/mol. The van der Waals surface area contributed by atoms with E-state index in [-0.39, 0.29) is 0 Å². The van der Waals surface area contributed by atoms with Crippen LogP contribution in [0.2, 0.25) is 0 Å². The number of azo groups is 1. The van der Waals surface area contributed by atoms with E-state index in [1.54, 1.807) is 11.3 Å². The summed E-state index contributed by atoms with van der Waals surface area (Å²) in [5.41, 5.74) is 4.50. The molecule has 4 nitrogen and oxygen atoms in total. The number of hydrogen-bond donors (Lipinski definition) is 0. The molecule has 0 atom stereocenters. The Morgan fingerprint density at radius 1 is 1.08 bits per heavy atom. The van der Waals surface area contributed by atoms with Crippen molar-refractivity contribution in [1.29, 1.82) is 0 Å². The second-order valence-corrected chi connectivity index (χ2v) is 6.86. The Labute approximate surface area is 153 Å². The van der Waals surface area contributed by atoms with E-state index >= 15 is 0 Å². The van der Waals surface area contributed by atoms with Crippen LogP contribution in [-0.4, -0.2) is 13.6 Å². The van der Waals surface area contributed by atoms with Crippen molar-refractivity contribution in [2.75, 3.05) is 18.5 Å². The molecule has 0 aliphatic heterocycles. The van der Waals surface area contributed by atoms with Crippen LogP contribution in [-0.2, 0) is 6.54 Å². The molecule has 0 aliphatic rings. The number of thiazole rings is 1. The van der Waals surface area contributed by atoms with Crippen LogP contribution in [0.25, 0.3) is 0 Å². The lowest BCUT2D eigenvalue weighted by Gasteiger charge is -2.17. The number of nitrogens with zero attached hydrogens (tertiary/aromatic N) is 4. The average Bonchev–Trinajstić information content (AvgIpc) is 3.08. The number of hydrogen-bond acceptors (Lipinski definition) is 4. The van der Waals surface area contributed by atoms with E-state index in [1.165, 1.54) is 11.3 Å². The molecule has 0 saturated heterocycles. The van der Waals surface area contributed by atoms with E-state index in [4.69, 9.17) is 0 Å². The van der Waals surface area contributed by atoms with Gasteiger partial charge < -0.3 is 4.90 Å². The molecule has 0 N–H and O–H groups in total. The molecule has 2 aromatic carbocycles. The van der Waals surface area contributed by atoms with Gasteiger partial charge in [0.1, 0.15) is 18.4 Å². The van der Waals surface area contributed by atoms with E-state index in [2.05, 4.69) is 83.2 Å². The van der Waals surface area contributed by atoms with Gasteiger partial charge >= 0.3 is 5.13 Å². The number of aromatic nitrogens is 1. The third-order valence-corrected chi connectivity index (χ3v) is 4.98. The van der Waals surface area contributed by atoms with Crippen molar-refractivity contribution < 1.29 is 4.57 Å². The summed E-state index contributed by atoms with van der Waals surface area (Å²) in [4.78, 5) is 2.21. The van der Waals surface area contributed by atoms with E-state index in [9.17, 15) is 0 Å². The van der Waals surface area contributed by atoms with Gasteiger partial charge in [0.2, 0.25) is 0 Å². The molecular weight excluding hydrogens is 328 g/mol. The molecule has 1 heterocycles. The fourth-order valence-electron chi connectivity index (χ4n) is 2.55. The second kappa shape index (κ2) is 8.03. The van der Waals surface area contributed by atoms with Crippen LogP contribution in [0.4, 0.5) is 16.5 Å². The average molecular weight is 351 g/mol. The van der Waals surface area contributed by atoms with Crippen LogP contribution < -0.4 is 9.47 Å². The van der Waals surface area contributed by atoms with Gasteiger partial charge in [0.25, 0.3) is 0 Å². The van der Waals surface area contributed by atoms with Crippen LogP contribution >= 0.6 is 11.3 Å². The summed E-state index contributed by atoms with van der Waals surface area (Å²) in [5, 5.41) is 11.9. The molecule has 25 heavy (non-hydrogen) atoms. The largest absolute Gasteiger partial charge is 0.408 e. The van der Waals surface area contributed by atoms with E-state index in [1.807, 2.05) is 17.5 Å². The lowest BCUT2D eigenvalue weighted by atomic mass is 10.2. The first-order chi connectivity index (χ1) is 12.2. The Morgan fingerprint density at radius 3 is 2.60 bits per heavy atom. The highest BCUT2D eigenvalue weighted by Crippen LogP contribution is 2.26. The zero-order valence-electron chi connectivity index (χ0n) is 14.9. The third-order valence-electron chi connectivity index (χ3n) is 4.19. The van der Waals surface area contributed by atoms with Crippen LogP contribution in [0.1, 0.15) is 18.1 Å². The van der Waals surface area contributed by atoms with Gasteiger partial charge in [0.15, 0.2) is 0 Å². The fraction of sp³-hybridized carbons (Fsp3) is 0.250. The summed E-state index contributed by atoms with van der Waals surface area (Å²) in [7, 11) is 2.09. The minimum absolute atomic E-state index is 0.803. The SMILES string of the molecule is CCN(C)c1ccc(/N=N/c2scc[n+]2Cc2ccccc2)c(C)c1. The van der Waals surface area contributed by atoms with Gasteiger partial charge in [-0.15, -0.1) is 0 Å². The molecule has 0 saturated carbocycles. The number of rotatable bonds is 6. The molecule has 0 fully saturated rings. The highest BCUT2D eigenvalue weighted by atomic mass is 32.1. The van der Waals surface area contributed by atoms with Crippen molar-refractivity contribution in [2.45, 2.75) is 20.4 Å². The van der Waals surface area contributed by atoms with Gasteiger partial charge in [-0.2, -0.15) is 0 Å². The molecular formula is C20H23N4S+. The molecule has 0 bridgehead atoms. The molecule has 1 aromatic heterocycles. The second-order valence-electron chi connectivity index (χ2n) is 5.98. The lowest BCUT2D eigenvalue weighted by Crippen LogP contribution is -2.31. The van der Waals surface area contributed by atoms with Crippen molar-refractivity contribution in [2.24, 2.45) is 10.2 Å². The Morgan fingerprint density at radius 2 is 1.88 bits per heavy atom. The maximum Gasteiger partial charge on any atom is 0.408 e. The van der Waals surface area contributed by atoms with Gasteiger partial charge in [-0.25, -0.2) is 4.57 Å². The van der Waals surface area contributed by atoms with E-state index in [0.717, 1.165) is 29.5 Å². The summed E-state index contributed by atoms with van der Waals surface area (Å²) in [6.07, 6.45) is 2.05. The van der Waals surface area contributed by atoms with Crippen molar-refractivity contribution in [1.82, 2.24) is 0 Å². The maximum absolute atomic E-state index is 4.48. The molecule has 0 aliphatic carbocycles. The summed E-state index contributed by atoms with van der Waals surface area (Å²) >= 11 is 1.60. The Hall–Kier alpha value is -2.53. The van der Waals surface area contributed by atoms with Crippen LogP contribution in [0.15, 0.2) is 70.3 Å². The molecule has 3 aromatic rings. The van der Waals surface area contributed by atoms with Gasteiger partial charge in [0.05, 0.1) is 5.11 Å². The first-order valence-corrected chi connectivity index (χ1v) is 9.29. The molecule has 5 heteroatoms. The molecule has 0 unspecified atom stereocenters. The molecule has 0 spiro atoms. The van der Waals surface area contributed by atoms with Crippen LogP contribution in [0.3, 0.4) is 0 Å². The van der Waals surface area contributed by atoms with Crippen molar-refractivity contribution in [3.63, 3.8) is 0 Å². The summed E-state index contributed by atoms with van der Waals surface area (Å²) in [6, 6.07) is 16.7. The fourth-order valence-corrected chi connectivity index (χ4v) is 3.22. The number of aryl methyl sites for hydroxylation is 1. The van der Waals surface area contributed by atoms with E-state index in [0.29, 0.717) is 0 Å². The smallest absolute Gasteiger partial charge is 0.375 e. The quantitative estimate of drug-likeness (QED) is 0.440. The predicted octanol–water partition coefficient (Wildman–Crippen LogP) is 5.26. The van der Waals surface area contributed by atoms with Crippen molar-refractivity contribution >= 4 is 27.8 Å². The van der Waals surface area contributed by atoms with Crippen molar-refractivity contribution in [3.8, 4) is 0 Å². The lowest BCUT2D eigenvalue weighted by molar-refractivity contribution is -0.671. The highest BCUT2D eigenvalue weighted by molar-refractivity contribution is 7.12. The molecule has 0 amide bonds. The highest BCUT2D eigenvalue weighted by Gasteiger charge is 2.13. The summed E-state index contributed by atoms with van der Waals surface area (Å²) in [5.74, 6) is 0. The standard InChI is InChI=1S/C20H23N4S/c1-4-23(3)18-10-11-19(16(2)14-18)21-22-20-24(12-13-25-20)15-17-8-6-5-7-9-17/h5-14H,4,15H2,1-3H3/q+1. The first-order valence-electron chi connectivity index (χ1n) is 8.41. The Bertz CT molecular complexity index is 855. The minimum Gasteiger partial charge on any atom is -0.375 e. The molecule has 128 valence electrons. The molecule has 3 rings (SSSR count). The third kappa shape index (κ3) is 4.31. The maximum atomic E-state index is 4.48. The van der Waals surface area contributed by atoms with Gasteiger partial charge in [-0.05, 0) is 59.6 Å². The van der Waals surface area contributed by atoms with Crippen LogP contribution in [0, 0.1) is 6.92 Å². The summed E-state index contributed by atoms with van der Waals surface area (Å²) < 4.78 is 2.12. The molecule has 0 radical (unpaired) electrons. The summed E-state index contributed by atoms with van der Waals surface area (Å²) in [6.45, 7) is 6.01. The van der Waals surface area contributed by atoms with Crippen molar-refractivity contribution in [3.05, 3.63) is 71.2 Å². The van der Waals surface area contributed by atoms with Gasteiger partial charge in [-0.1, -0.05) is 30.3 Å². The number of benzene rings is 2. The van der Waals surface area contributed by atoms with Crippen LogP contribution in [0.5, 0.6) is 0 Å². The normalized spacial score (nSPS) is 11.2. The first kappa shape index (κ1) is 17.3. The Balaban J connectivity index is 1.78. The van der Waals surface area contributed by atoms with Gasteiger partial charge in [-0.3, -0.25) is 0 Å².